The molecule has 20 heavy (non-hydrogen) atoms. The van der Waals surface area contributed by atoms with Gasteiger partial charge in [0.2, 0.25) is 5.82 Å². The number of anilines is 1. The maximum absolute atomic E-state index is 13.7. The number of nitrogens with two attached hydrogens (primary N) is 1. The van der Waals surface area contributed by atoms with Crippen LogP contribution in [0.25, 0.3) is 22.8 Å². The number of hydrogen-bond donors (Lipinski definition) is 1. The van der Waals surface area contributed by atoms with E-state index in [1.807, 2.05) is 17.7 Å². The summed E-state index contributed by atoms with van der Waals surface area (Å²) in [7, 11) is 0. The van der Waals surface area contributed by atoms with Gasteiger partial charge in [0.25, 0.3) is 5.89 Å². The zero-order valence-corrected chi connectivity index (χ0v) is 11.2. The van der Waals surface area contributed by atoms with E-state index < -0.39 is 11.6 Å². The minimum atomic E-state index is -0.820. The van der Waals surface area contributed by atoms with E-state index in [2.05, 4.69) is 10.1 Å². The van der Waals surface area contributed by atoms with E-state index in [0.29, 0.717) is 11.9 Å². The summed E-state index contributed by atoms with van der Waals surface area (Å²) in [6.45, 7) is 1.92. The van der Waals surface area contributed by atoms with Crippen LogP contribution in [-0.2, 0) is 0 Å². The quantitative estimate of drug-likeness (QED) is 0.733. The SMILES string of the molecule is Cc1cscc1-c1noc(-c2cc(N)c(F)cc2F)n1. The molecule has 2 heterocycles. The monoisotopic (exact) mass is 293 g/mol. The zero-order chi connectivity index (χ0) is 14.3. The first-order chi connectivity index (χ1) is 9.56. The number of halogens is 2. The largest absolute Gasteiger partial charge is 0.396 e. The average Bonchev–Trinajstić information content (AvgIpc) is 3.02. The van der Waals surface area contributed by atoms with E-state index in [1.54, 1.807) is 0 Å². The van der Waals surface area contributed by atoms with Crippen LogP contribution in [0.1, 0.15) is 5.56 Å². The summed E-state index contributed by atoms with van der Waals surface area (Å²) in [4.78, 5) is 4.13. The van der Waals surface area contributed by atoms with Crippen molar-refractivity contribution in [1.29, 1.82) is 0 Å². The molecule has 0 atom stereocenters. The number of nitrogen functional groups attached to an aromatic ring is 1. The highest BCUT2D eigenvalue weighted by Crippen LogP contribution is 2.29. The normalized spacial score (nSPS) is 10.9. The second kappa shape index (κ2) is 4.68. The molecule has 3 aromatic rings. The first kappa shape index (κ1) is 12.7. The second-order valence-corrected chi connectivity index (χ2v) is 4.99. The molecule has 2 aromatic heterocycles. The lowest BCUT2D eigenvalue weighted by Crippen LogP contribution is -1.94. The van der Waals surface area contributed by atoms with Crippen LogP contribution in [0.5, 0.6) is 0 Å². The van der Waals surface area contributed by atoms with Crippen LogP contribution in [0, 0.1) is 18.6 Å². The molecule has 0 aliphatic heterocycles. The number of thiophene rings is 1. The van der Waals surface area contributed by atoms with Gasteiger partial charge < -0.3 is 10.3 Å². The van der Waals surface area contributed by atoms with E-state index in [4.69, 9.17) is 10.3 Å². The number of aryl methyl sites for hydroxylation is 1. The molecule has 0 amide bonds. The van der Waals surface area contributed by atoms with Crippen molar-refractivity contribution in [2.24, 2.45) is 0 Å². The van der Waals surface area contributed by atoms with Crippen molar-refractivity contribution >= 4 is 17.0 Å². The highest BCUT2D eigenvalue weighted by molar-refractivity contribution is 7.08. The fourth-order valence-corrected chi connectivity index (χ4v) is 2.59. The molecule has 1 aromatic carbocycles. The van der Waals surface area contributed by atoms with E-state index in [9.17, 15) is 8.78 Å². The predicted octanol–water partition coefficient (Wildman–Crippen LogP) is 3.63. The summed E-state index contributed by atoms with van der Waals surface area (Å²) in [5.41, 5.74) is 7.05. The van der Waals surface area contributed by atoms with Crippen LogP contribution in [0.4, 0.5) is 14.5 Å². The van der Waals surface area contributed by atoms with Gasteiger partial charge in [-0.2, -0.15) is 16.3 Å². The zero-order valence-electron chi connectivity index (χ0n) is 10.4. The van der Waals surface area contributed by atoms with Crippen molar-refractivity contribution in [1.82, 2.24) is 10.1 Å². The summed E-state index contributed by atoms with van der Waals surface area (Å²) in [5, 5.41) is 7.63. The molecule has 0 bridgehead atoms. The van der Waals surface area contributed by atoms with Crippen molar-refractivity contribution in [2.75, 3.05) is 5.73 Å². The molecule has 0 unspecified atom stereocenters. The molecule has 0 aliphatic rings. The molecule has 0 aliphatic carbocycles. The fraction of sp³-hybridized carbons (Fsp3) is 0.0769. The second-order valence-electron chi connectivity index (χ2n) is 4.25. The van der Waals surface area contributed by atoms with Gasteiger partial charge in [0, 0.05) is 17.0 Å². The predicted molar refractivity (Wildman–Crippen MR) is 72.1 cm³/mol. The highest BCUT2D eigenvalue weighted by Gasteiger charge is 2.17. The van der Waals surface area contributed by atoms with Gasteiger partial charge in [0.1, 0.15) is 11.6 Å². The standard InChI is InChI=1S/C13H9F2N3OS/c1-6-4-20-5-8(6)12-17-13(19-18-12)7-2-11(16)10(15)3-9(7)14/h2-5H,16H2,1H3. The van der Waals surface area contributed by atoms with Crippen LogP contribution in [0.2, 0.25) is 0 Å². The van der Waals surface area contributed by atoms with Gasteiger partial charge in [-0.1, -0.05) is 5.16 Å². The van der Waals surface area contributed by atoms with Gasteiger partial charge in [-0.15, -0.1) is 0 Å². The van der Waals surface area contributed by atoms with Gasteiger partial charge in [-0.05, 0) is 23.9 Å². The molecule has 0 saturated carbocycles. The van der Waals surface area contributed by atoms with Crippen molar-refractivity contribution in [2.45, 2.75) is 6.92 Å². The Kier molecular flexibility index (Phi) is 2.98. The number of nitrogens with zero attached hydrogens (tertiary/aromatic N) is 2. The Bertz CT molecular complexity index is 782. The van der Waals surface area contributed by atoms with Crippen LogP contribution in [0.15, 0.2) is 27.4 Å². The summed E-state index contributed by atoms with van der Waals surface area (Å²) in [5.74, 6) is -1.29. The van der Waals surface area contributed by atoms with Crippen LogP contribution >= 0.6 is 11.3 Å². The summed E-state index contributed by atoms with van der Waals surface area (Å²) in [6, 6.07) is 1.84. The minimum absolute atomic E-state index is 0.0180. The third-order valence-electron chi connectivity index (χ3n) is 2.84. The van der Waals surface area contributed by atoms with Gasteiger partial charge in [-0.3, -0.25) is 0 Å². The summed E-state index contributed by atoms with van der Waals surface area (Å²) in [6.07, 6.45) is 0. The number of hydrogen-bond acceptors (Lipinski definition) is 5. The number of aromatic nitrogens is 2. The molecule has 0 saturated heterocycles. The van der Waals surface area contributed by atoms with Crippen LogP contribution in [0.3, 0.4) is 0 Å². The Labute approximate surface area is 116 Å². The topological polar surface area (TPSA) is 64.9 Å². The smallest absolute Gasteiger partial charge is 0.261 e. The molecule has 0 spiro atoms. The molecule has 0 fully saturated rings. The van der Waals surface area contributed by atoms with Gasteiger partial charge in [-0.25, -0.2) is 8.78 Å². The van der Waals surface area contributed by atoms with Crippen molar-refractivity contribution in [3.8, 4) is 22.8 Å². The molecular weight excluding hydrogens is 284 g/mol. The van der Waals surface area contributed by atoms with Crippen LogP contribution < -0.4 is 5.73 Å². The number of rotatable bonds is 2. The third-order valence-corrected chi connectivity index (χ3v) is 3.70. The van der Waals surface area contributed by atoms with Crippen molar-refractivity contribution in [3.05, 3.63) is 40.1 Å². The first-order valence-electron chi connectivity index (χ1n) is 5.68. The van der Waals surface area contributed by atoms with E-state index in [0.717, 1.165) is 17.2 Å². The Morgan fingerprint density at radius 2 is 1.95 bits per heavy atom. The Morgan fingerprint density at radius 3 is 2.65 bits per heavy atom. The lowest BCUT2D eigenvalue weighted by Gasteiger charge is -2.00. The molecule has 2 N–H and O–H groups in total. The van der Waals surface area contributed by atoms with Gasteiger partial charge in [0.05, 0.1) is 11.3 Å². The lowest BCUT2D eigenvalue weighted by molar-refractivity contribution is 0.429. The third kappa shape index (κ3) is 2.05. The van der Waals surface area contributed by atoms with Crippen LogP contribution in [-0.4, -0.2) is 10.1 Å². The summed E-state index contributed by atoms with van der Waals surface area (Å²) >= 11 is 1.51. The first-order valence-corrected chi connectivity index (χ1v) is 6.62. The number of benzene rings is 1. The average molecular weight is 293 g/mol. The molecule has 3 rings (SSSR count). The minimum Gasteiger partial charge on any atom is -0.396 e. The van der Waals surface area contributed by atoms with Gasteiger partial charge in [0.15, 0.2) is 0 Å². The molecule has 7 heteroatoms. The van der Waals surface area contributed by atoms with Crippen molar-refractivity contribution < 1.29 is 13.3 Å². The molecule has 0 radical (unpaired) electrons. The summed E-state index contributed by atoms with van der Waals surface area (Å²) < 4.78 is 31.9. The Morgan fingerprint density at radius 1 is 1.15 bits per heavy atom. The van der Waals surface area contributed by atoms with E-state index in [1.165, 1.54) is 11.3 Å². The van der Waals surface area contributed by atoms with Gasteiger partial charge >= 0.3 is 0 Å². The fourth-order valence-electron chi connectivity index (χ4n) is 1.76. The lowest BCUT2D eigenvalue weighted by atomic mass is 10.1. The maximum Gasteiger partial charge on any atom is 0.261 e. The van der Waals surface area contributed by atoms with E-state index in [-0.39, 0.29) is 17.1 Å². The molecular formula is C13H9F2N3OS. The highest BCUT2D eigenvalue weighted by atomic mass is 32.1. The van der Waals surface area contributed by atoms with E-state index >= 15 is 0 Å². The Balaban J connectivity index is 2.07. The molecule has 102 valence electrons. The molecule has 4 nitrogen and oxygen atoms in total. The Hall–Kier alpha value is -2.28. The maximum atomic E-state index is 13.7. The van der Waals surface area contributed by atoms with Crippen molar-refractivity contribution in [3.63, 3.8) is 0 Å².